The van der Waals surface area contributed by atoms with Crippen LogP contribution in [0.2, 0.25) is 0 Å². The Kier molecular flexibility index (Phi) is 3.15. The van der Waals surface area contributed by atoms with E-state index in [-0.39, 0.29) is 0 Å². The first-order chi connectivity index (χ1) is 9.33. The van der Waals surface area contributed by atoms with Crippen molar-refractivity contribution in [3.05, 3.63) is 41.5 Å². The fourth-order valence-corrected chi connectivity index (χ4v) is 3.03. The molecular formula is C14H14N4S. The lowest BCUT2D eigenvalue weighted by atomic mass is 10.0. The molecule has 96 valence electrons. The first-order valence-electron chi connectivity index (χ1n) is 6.11. The molecule has 19 heavy (non-hydrogen) atoms. The van der Waals surface area contributed by atoms with Gasteiger partial charge in [0.05, 0.1) is 5.39 Å². The Morgan fingerprint density at radius 1 is 1.21 bits per heavy atom. The molecule has 0 fully saturated rings. The van der Waals surface area contributed by atoms with E-state index in [1.807, 2.05) is 0 Å². The summed E-state index contributed by atoms with van der Waals surface area (Å²) in [5.41, 5.74) is 6.26. The number of nitrogens with two attached hydrogens (primary N) is 1. The zero-order valence-corrected chi connectivity index (χ0v) is 11.4. The maximum absolute atomic E-state index is 5.53. The second-order valence-corrected chi connectivity index (χ2v) is 5.10. The number of hydrogen-bond acceptors (Lipinski definition) is 5. The molecule has 0 radical (unpaired) electrons. The fraction of sp³-hybridized carbons (Fsp3) is 0.143. The van der Waals surface area contributed by atoms with Gasteiger partial charge in [0.25, 0.3) is 0 Å². The minimum atomic E-state index is 0.667. The van der Waals surface area contributed by atoms with Gasteiger partial charge in [0, 0.05) is 10.9 Å². The molecule has 0 bridgehead atoms. The van der Waals surface area contributed by atoms with Crippen LogP contribution in [0, 0.1) is 0 Å². The Labute approximate surface area is 115 Å². The lowest BCUT2D eigenvalue weighted by Crippen LogP contribution is -2.08. The van der Waals surface area contributed by atoms with Gasteiger partial charge in [-0.3, -0.25) is 0 Å². The monoisotopic (exact) mass is 270 g/mol. The summed E-state index contributed by atoms with van der Waals surface area (Å²) >= 11 is 1.60. The van der Waals surface area contributed by atoms with Crippen molar-refractivity contribution >= 4 is 27.4 Å². The molecule has 0 atom stereocenters. The van der Waals surface area contributed by atoms with E-state index in [1.165, 1.54) is 11.9 Å². The molecular weight excluding hydrogens is 256 g/mol. The predicted molar refractivity (Wildman–Crippen MR) is 80.0 cm³/mol. The quantitative estimate of drug-likeness (QED) is 0.566. The van der Waals surface area contributed by atoms with E-state index in [1.54, 1.807) is 11.3 Å². The molecule has 0 spiro atoms. The molecule has 0 amide bonds. The molecule has 0 unspecified atom stereocenters. The van der Waals surface area contributed by atoms with E-state index in [2.05, 4.69) is 52.0 Å². The minimum Gasteiger partial charge on any atom is -0.308 e. The Balaban J connectivity index is 2.18. The van der Waals surface area contributed by atoms with Crippen LogP contribution in [0.3, 0.4) is 0 Å². The van der Waals surface area contributed by atoms with Gasteiger partial charge in [-0.2, -0.15) is 0 Å². The molecule has 3 rings (SSSR count). The van der Waals surface area contributed by atoms with Crippen LogP contribution in [0.1, 0.15) is 12.5 Å². The molecule has 0 aliphatic carbocycles. The highest BCUT2D eigenvalue weighted by Gasteiger charge is 2.12. The maximum atomic E-state index is 5.53. The third-order valence-electron chi connectivity index (χ3n) is 3.18. The summed E-state index contributed by atoms with van der Waals surface area (Å²) < 4.78 is 0. The minimum absolute atomic E-state index is 0.667. The van der Waals surface area contributed by atoms with Crippen molar-refractivity contribution < 1.29 is 0 Å². The van der Waals surface area contributed by atoms with Crippen molar-refractivity contribution in [1.82, 2.24) is 9.97 Å². The molecule has 2 heterocycles. The first kappa shape index (κ1) is 12.1. The third-order valence-corrected chi connectivity index (χ3v) is 4.07. The van der Waals surface area contributed by atoms with Crippen LogP contribution < -0.4 is 11.3 Å². The van der Waals surface area contributed by atoms with Crippen molar-refractivity contribution in [2.24, 2.45) is 5.84 Å². The van der Waals surface area contributed by atoms with Crippen LogP contribution in [0.4, 0.5) is 5.82 Å². The number of thiophene rings is 1. The number of nitrogens with zero attached hydrogens (tertiary/aromatic N) is 2. The summed E-state index contributed by atoms with van der Waals surface area (Å²) in [7, 11) is 0. The van der Waals surface area contributed by atoms with E-state index in [0.717, 1.165) is 27.8 Å². The van der Waals surface area contributed by atoms with Crippen LogP contribution in [0.25, 0.3) is 21.3 Å². The van der Waals surface area contributed by atoms with Crippen molar-refractivity contribution in [2.75, 3.05) is 5.43 Å². The molecule has 2 aromatic heterocycles. The Hall–Kier alpha value is -1.98. The Morgan fingerprint density at radius 2 is 2.00 bits per heavy atom. The highest BCUT2D eigenvalue weighted by molar-refractivity contribution is 7.17. The van der Waals surface area contributed by atoms with Gasteiger partial charge in [0.1, 0.15) is 11.2 Å². The number of anilines is 1. The number of nitrogen functional groups attached to an aromatic ring is 1. The van der Waals surface area contributed by atoms with Gasteiger partial charge in [0.15, 0.2) is 5.82 Å². The van der Waals surface area contributed by atoms with Gasteiger partial charge in [-0.1, -0.05) is 31.2 Å². The van der Waals surface area contributed by atoms with Gasteiger partial charge >= 0.3 is 0 Å². The molecule has 4 nitrogen and oxygen atoms in total. The summed E-state index contributed by atoms with van der Waals surface area (Å²) in [6.45, 7) is 2.15. The van der Waals surface area contributed by atoms with Gasteiger partial charge < -0.3 is 5.43 Å². The molecule has 3 N–H and O–H groups in total. The number of aryl methyl sites for hydroxylation is 1. The molecule has 0 aliphatic rings. The zero-order valence-electron chi connectivity index (χ0n) is 10.6. The summed E-state index contributed by atoms with van der Waals surface area (Å²) in [6, 6.07) is 8.57. The summed E-state index contributed by atoms with van der Waals surface area (Å²) in [6.07, 6.45) is 2.57. The number of fused-ring (bicyclic) bond motifs is 1. The number of benzene rings is 1. The van der Waals surface area contributed by atoms with Gasteiger partial charge in [-0.25, -0.2) is 15.8 Å². The Bertz CT molecular complexity index is 703. The average Bonchev–Trinajstić information content (AvgIpc) is 2.91. The smallest absolute Gasteiger partial charge is 0.152 e. The molecule has 0 saturated heterocycles. The van der Waals surface area contributed by atoms with E-state index < -0.39 is 0 Å². The van der Waals surface area contributed by atoms with Crippen molar-refractivity contribution in [3.63, 3.8) is 0 Å². The van der Waals surface area contributed by atoms with Crippen LogP contribution in [-0.4, -0.2) is 9.97 Å². The number of hydrogen-bond donors (Lipinski definition) is 2. The molecule has 3 aromatic rings. The first-order valence-corrected chi connectivity index (χ1v) is 6.99. The Morgan fingerprint density at radius 3 is 2.68 bits per heavy atom. The van der Waals surface area contributed by atoms with E-state index >= 15 is 0 Å². The van der Waals surface area contributed by atoms with Crippen LogP contribution in [0.5, 0.6) is 0 Å². The predicted octanol–water partition coefficient (Wildman–Crippen LogP) is 3.21. The molecule has 1 aromatic carbocycles. The largest absolute Gasteiger partial charge is 0.308 e. The van der Waals surface area contributed by atoms with Crippen LogP contribution >= 0.6 is 11.3 Å². The normalized spacial score (nSPS) is 10.8. The number of nitrogens with one attached hydrogen (secondary N) is 1. The lowest BCUT2D eigenvalue weighted by molar-refractivity contribution is 1.14. The number of rotatable bonds is 3. The van der Waals surface area contributed by atoms with Gasteiger partial charge in [-0.05, 0) is 17.5 Å². The topological polar surface area (TPSA) is 63.8 Å². The standard InChI is InChI=1S/C14H14N4S/c1-2-9-3-5-10(6-4-9)11-7-19-14-12(11)13(18-15)16-8-17-14/h3-8H,2,15H2,1H3,(H,16,17,18). The second kappa shape index (κ2) is 4.95. The van der Waals surface area contributed by atoms with Crippen molar-refractivity contribution in [2.45, 2.75) is 13.3 Å². The second-order valence-electron chi connectivity index (χ2n) is 4.25. The summed E-state index contributed by atoms with van der Waals surface area (Å²) in [5.74, 6) is 6.20. The van der Waals surface area contributed by atoms with E-state index in [9.17, 15) is 0 Å². The van der Waals surface area contributed by atoms with E-state index in [0.29, 0.717) is 5.82 Å². The summed E-state index contributed by atoms with van der Waals surface area (Å²) in [5, 5.41) is 3.08. The molecule has 0 saturated carbocycles. The maximum Gasteiger partial charge on any atom is 0.152 e. The fourth-order valence-electron chi connectivity index (χ4n) is 2.12. The van der Waals surface area contributed by atoms with Crippen LogP contribution in [-0.2, 0) is 6.42 Å². The van der Waals surface area contributed by atoms with Crippen molar-refractivity contribution in [3.8, 4) is 11.1 Å². The number of hydrazine groups is 1. The SMILES string of the molecule is CCc1ccc(-c2csc3ncnc(NN)c23)cc1. The summed E-state index contributed by atoms with van der Waals surface area (Å²) in [4.78, 5) is 9.40. The highest BCUT2D eigenvalue weighted by atomic mass is 32.1. The highest BCUT2D eigenvalue weighted by Crippen LogP contribution is 2.36. The van der Waals surface area contributed by atoms with Gasteiger partial charge in [0.2, 0.25) is 0 Å². The van der Waals surface area contributed by atoms with Crippen molar-refractivity contribution in [1.29, 1.82) is 0 Å². The lowest BCUT2D eigenvalue weighted by Gasteiger charge is -2.05. The molecule has 5 heteroatoms. The zero-order chi connectivity index (χ0) is 13.2. The van der Waals surface area contributed by atoms with E-state index in [4.69, 9.17) is 5.84 Å². The third kappa shape index (κ3) is 2.07. The van der Waals surface area contributed by atoms with Gasteiger partial charge in [-0.15, -0.1) is 11.3 Å². The van der Waals surface area contributed by atoms with Crippen LogP contribution in [0.15, 0.2) is 36.0 Å². The number of aromatic nitrogens is 2. The molecule has 0 aliphatic heterocycles. The average molecular weight is 270 g/mol.